The standard InChI is InChI=1S/C15H23N3O4/c1-20-14-13(6-2-7-16-14)18-15(19)17-8-4-9-21-11-12-5-3-10-22-12/h2,6-7,12H,3-5,8-11H2,1H3,(H2,17,18,19). The third-order valence-electron chi connectivity index (χ3n) is 3.29. The van der Waals surface area contributed by atoms with Crippen LogP contribution in [0.25, 0.3) is 0 Å². The first-order valence-corrected chi connectivity index (χ1v) is 7.53. The summed E-state index contributed by atoms with van der Waals surface area (Å²) < 4.78 is 16.1. The second-order valence-electron chi connectivity index (χ2n) is 5.00. The van der Waals surface area contributed by atoms with E-state index in [1.54, 1.807) is 18.3 Å². The minimum absolute atomic E-state index is 0.245. The van der Waals surface area contributed by atoms with Crippen molar-refractivity contribution in [3.05, 3.63) is 18.3 Å². The molecular weight excluding hydrogens is 286 g/mol. The zero-order chi connectivity index (χ0) is 15.6. The molecule has 0 radical (unpaired) electrons. The number of rotatable bonds is 8. The second-order valence-corrected chi connectivity index (χ2v) is 5.00. The van der Waals surface area contributed by atoms with E-state index < -0.39 is 0 Å². The Hall–Kier alpha value is -1.86. The Balaban J connectivity index is 1.55. The summed E-state index contributed by atoms with van der Waals surface area (Å²) in [6.45, 7) is 2.63. The lowest BCUT2D eigenvalue weighted by atomic mass is 10.2. The monoisotopic (exact) mass is 309 g/mol. The van der Waals surface area contributed by atoms with Gasteiger partial charge in [0.25, 0.3) is 0 Å². The average molecular weight is 309 g/mol. The SMILES string of the molecule is COc1ncccc1NC(=O)NCCCOCC1CCCO1. The summed E-state index contributed by atoms with van der Waals surface area (Å²) in [6, 6.07) is 3.18. The Morgan fingerprint density at radius 3 is 3.23 bits per heavy atom. The fraction of sp³-hybridized carbons (Fsp3) is 0.600. The molecule has 2 N–H and O–H groups in total. The van der Waals surface area contributed by atoms with Crippen molar-refractivity contribution in [3.8, 4) is 5.88 Å². The molecule has 1 atom stereocenters. The number of nitrogens with one attached hydrogen (secondary N) is 2. The van der Waals surface area contributed by atoms with Gasteiger partial charge in [-0.05, 0) is 31.4 Å². The maximum Gasteiger partial charge on any atom is 0.319 e. The van der Waals surface area contributed by atoms with Gasteiger partial charge in [0.1, 0.15) is 5.69 Å². The molecule has 2 rings (SSSR count). The van der Waals surface area contributed by atoms with Gasteiger partial charge in [0.15, 0.2) is 0 Å². The van der Waals surface area contributed by atoms with Crippen LogP contribution in [-0.4, -0.2) is 50.6 Å². The highest BCUT2D eigenvalue weighted by atomic mass is 16.5. The summed E-state index contributed by atoms with van der Waals surface area (Å²) in [4.78, 5) is 15.8. The number of carbonyl (C=O) groups excluding carboxylic acids is 1. The zero-order valence-corrected chi connectivity index (χ0v) is 12.8. The van der Waals surface area contributed by atoms with Gasteiger partial charge >= 0.3 is 6.03 Å². The van der Waals surface area contributed by atoms with Crippen LogP contribution >= 0.6 is 0 Å². The molecule has 0 spiro atoms. The Kier molecular flexibility index (Phi) is 6.92. The van der Waals surface area contributed by atoms with E-state index in [2.05, 4.69) is 15.6 Å². The highest BCUT2D eigenvalue weighted by Crippen LogP contribution is 2.19. The Bertz CT molecular complexity index is 464. The van der Waals surface area contributed by atoms with E-state index in [1.165, 1.54) is 7.11 Å². The first-order valence-electron chi connectivity index (χ1n) is 7.53. The first-order chi connectivity index (χ1) is 10.8. The molecule has 0 aromatic carbocycles. The van der Waals surface area contributed by atoms with Crippen LogP contribution < -0.4 is 15.4 Å². The van der Waals surface area contributed by atoms with Gasteiger partial charge in [0, 0.05) is 26.0 Å². The molecule has 2 heterocycles. The second kappa shape index (κ2) is 9.22. The van der Waals surface area contributed by atoms with Crippen molar-refractivity contribution in [2.75, 3.05) is 38.8 Å². The number of nitrogens with zero attached hydrogens (tertiary/aromatic N) is 1. The highest BCUT2D eigenvalue weighted by molar-refractivity contribution is 5.90. The molecule has 22 heavy (non-hydrogen) atoms. The lowest BCUT2D eigenvalue weighted by Crippen LogP contribution is -2.30. The fourth-order valence-electron chi connectivity index (χ4n) is 2.18. The molecule has 1 fully saturated rings. The fourth-order valence-corrected chi connectivity index (χ4v) is 2.18. The van der Waals surface area contributed by atoms with Crippen molar-refractivity contribution in [2.45, 2.75) is 25.4 Å². The number of hydrogen-bond acceptors (Lipinski definition) is 5. The van der Waals surface area contributed by atoms with Crippen LogP contribution in [0, 0.1) is 0 Å². The molecule has 0 saturated carbocycles. The average Bonchev–Trinajstić information content (AvgIpc) is 3.04. The number of aromatic nitrogens is 1. The predicted octanol–water partition coefficient (Wildman–Crippen LogP) is 1.80. The summed E-state index contributed by atoms with van der Waals surface area (Å²) in [5.74, 6) is 0.387. The Morgan fingerprint density at radius 1 is 1.55 bits per heavy atom. The molecule has 1 aliphatic rings. The van der Waals surface area contributed by atoms with E-state index in [0.717, 1.165) is 25.9 Å². The van der Waals surface area contributed by atoms with Crippen LogP contribution in [0.3, 0.4) is 0 Å². The van der Waals surface area contributed by atoms with Crippen molar-refractivity contribution in [2.24, 2.45) is 0 Å². The van der Waals surface area contributed by atoms with E-state index in [-0.39, 0.29) is 12.1 Å². The van der Waals surface area contributed by atoms with Gasteiger partial charge in [-0.3, -0.25) is 0 Å². The van der Waals surface area contributed by atoms with E-state index in [1.807, 2.05) is 0 Å². The third kappa shape index (κ3) is 5.50. The van der Waals surface area contributed by atoms with Crippen LogP contribution in [-0.2, 0) is 9.47 Å². The number of pyridine rings is 1. The Morgan fingerprint density at radius 2 is 2.45 bits per heavy atom. The number of carbonyl (C=O) groups is 1. The van der Waals surface area contributed by atoms with Gasteiger partial charge in [-0.1, -0.05) is 0 Å². The number of hydrogen-bond donors (Lipinski definition) is 2. The quantitative estimate of drug-likeness (QED) is 0.716. The van der Waals surface area contributed by atoms with Crippen molar-refractivity contribution >= 4 is 11.7 Å². The topological polar surface area (TPSA) is 81.7 Å². The largest absolute Gasteiger partial charge is 0.480 e. The molecule has 1 aromatic heterocycles. The van der Waals surface area contributed by atoms with E-state index in [9.17, 15) is 4.79 Å². The molecule has 1 aromatic rings. The molecule has 0 bridgehead atoms. The summed E-state index contributed by atoms with van der Waals surface area (Å²) in [5, 5.41) is 5.47. The van der Waals surface area contributed by atoms with Gasteiger partial charge in [0.2, 0.25) is 5.88 Å². The molecular formula is C15H23N3O4. The van der Waals surface area contributed by atoms with Crippen LogP contribution in [0.2, 0.25) is 0 Å². The number of amides is 2. The lowest BCUT2D eigenvalue weighted by molar-refractivity contribution is 0.0168. The number of ether oxygens (including phenoxy) is 3. The molecule has 122 valence electrons. The molecule has 7 heteroatoms. The third-order valence-corrected chi connectivity index (χ3v) is 3.29. The minimum atomic E-state index is -0.287. The molecule has 1 saturated heterocycles. The van der Waals surface area contributed by atoms with Crippen molar-refractivity contribution < 1.29 is 19.0 Å². The zero-order valence-electron chi connectivity index (χ0n) is 12.8. The van der Waals surface area contributed by atoms with Crippen LogP contribution in [0.5, 0.6) is 5.88 Å². The maximum absolute atomic E-state index is 11.8. The first kappa shape index (κ1) is 16.5. The molecule has 0 aliphatic carbocycles. The lowest BCUT2D eigenvalue weighted by Gasteiger charge is -2.11. The molecule has 1 aliphatic heterocycles. The minimum Gasteiger partial charge on any atom is -0.480 e. The predicted molar refractivity (Wildman–Crippen MR) is 82.2 cm³/mol. The van der Waals surface area contributed by atoms with E-state index in [0.29, 0.717) is 31.3 Å². The van der Waals surface area contributed by atoms with Crippen LogP contribution in [0.15, 0.2) is 18.3 Å². The molecule has 1 unspecified atom stereocenters. The smallest absolute Gasteiger partial charge is 0.319 e. The van der Waals surface area contributed by atoms with Crippen molar-refractivity contribution in [1.82, 2.24) is 10.3 Å². The number of urea groups is 1. The summed E-state index contributed by atoms with van der Waals surface area (Å²) in [5.41, 5.74) is 0.539. The van der Waals surface area contributed by atoms with Crippen molar-refractivity contribution in [1.29, 1.82) is 0 Å². The van der Waals surface area contributed by atoms with Gasteiger partial charge in [-0.15, -0.1) is 0 Å². The number of methoxy groups -OCH3 is 1. The molecule has 7 nitrogen and oxygen atoms in total. The van der Waals surface area contributed by atoms with Gasteiger partial charge < -0.3 is 24.8 Å². The van der Waals surface area contributed by atoms with Crippen LogP contribution in [0.4, 0.5) is 10.5 Å². The van der Waals surface area contributed by atoms with Crippen LogP contribution in [0.1, 0.15) is 19.3 Å². The van der Waals surface area contributed by atoms with Gasteiger partial charge in [-0.2, -0.15) is 0 Å². The van der Waals surface area contributed by atoms with Gasteiger partial charge in [-0.25, -0.2) is 9.78 Å². The summed E-state index contributed by atoms with van der Waals surface area (Å²) >= 11 is 0. The summed E-state index contributed by atoms with van der Waals surface area (Å²) in [6.07, 6.45) is 4.80. The van der Waals surface area contributed by atoms with E-state index >= 15 is 0 Å². The molecule has 2 amide bonds. The van der Waals surface area contributed by atoms with Gasteiger partial charge in [0.05, 0.1) is 19.8 Å². The van der Waals surface area contributed by atoms with Crippen molar-refractivity contribution in [3.63, 3.8) is 0 Å². The highest BCUT2D eigenvalue weighted by Gasteiger charge is 2.14. The number of anilines is 1. The Labute approximate surface area is 130 Å². The van der Waals surface area contributed by atoms with E-state index in [4.69, 9.17) is 14.2 Å². The normalized spacial score (nSPS) is 17.2. The summed E-state index contributed by atoms with van der Waals surface area (Å²) in [7, 11) is 1.51. The maximum atomic E-state index is 11.8.